The molecule has 0 aliphatic carbocycles. The van der Waals surface area contributed by atoms with Crippen LogP contribution in [0.3, 0.4) is 0 Å². The molecule has 20 heavy (non-hydrogen) atoms. The minimum atomic E-state index is -1.85. The van der Waals surface area contributed by atoms with Crippen molar-refractivity contribution in [2.24, 2.45) is 17.2 Å². The van der Waals surface area contributed by atoms with Crippen LogP contribution in [0, 0.1) is 0 Å². The van der Waals surface area contributed by atoms with Crippen molar-refractivity contribution in [3.05, 3.63) is 0 Å². The molecule has 0 aromatic heterocycles. The van der Waals surface area contributed by atoms with Gasteiger partial charge < -0.3 is 42.1 Å². The predicted molar refractivity (Wildman–Crippen MR) is 45.2 cm³/mol. The van der Waals surface area contributed by atoms with Crippen molar-refractivity contribution in [3.8, 4) is 0 Å². The molecule has 3 amide bonds. The Labute approximate surface area is 155 Å². The number of nitrogens with two attached hydrogens (primary N) is 3. The molecule has 7 N–H and O–H groups in total. The van der Waals surface area contributed by atoms with Crippen LogP contribution in [-0.2, 0) is 28.8 Å². The van der Waals surface area contributed by atoms with Crippen LogP contribution in [0.2, 0.25) is 0 Å². The van der Waals surface area contributed by atoms with Crippen LogP contribution in [0.15, 0.2) is 0 Å². The molecule has 0 radical (unpaired) electrons. The monoisotopic (exact) mass is 311 g/mol. The van der Waals surface area contributed by atoms with Crippen molar-refractivity contribution < 1.29 is 103 Å². The number of carbonyl (C=O) groups excluding carboxylic acids is 5. The van der Waals surface area contributed by atoms with Gasteiger partial charge >= 0.3 is 71.0 Å². The summed E-state index contributed by atoms with van der Waals surface area (Å²) < 4.78 is 0. The van der Waals surface area contributed by atoms with E-state index in [1.807, 2.05) is 0 Å². The molecule has 0 saturated carbocycles. The number of carboxylic acid groups (broad SMARTS) is 3. The average Bonchev–Trinajstić information content (AvgIpc) is 2.18. The van der Waals surface area contributed by atoms with E-state index in [-0.39, 0.29) is 59.1 Å². The first kappa shape index (κ1) is 31.3. The molecule has 0 aliphatic rings. The van der Waals surface area contributed by atoms with Crippen molar-refractivity contribution in [1.29, 1.82) is 0 Å². The van der Waals surface area contributed by atoms with E-state index < -0.39 is 35.6 Å². The molecule has 0 aliphatic heterocycles. The molecule has 0 aromatic rings. The molecule has 0 rings (SSSR count). The van der Waals surface area contributed by atoms with Gasteiger partial charge in [0.2, 0.25) is 0 Å². The summed E-state index contributed by atoms with van der Waals surface area (Å²) in [6.07, 6.45) is 0. The predicted octanol–water partition coefficient (Wildman–Crippen LogP) is -13.0. The number of hydrogen-bond acceptors (Lipinski definition) is 8. The van der Waals surface area contributed by atoms with E-state index in [4.69, 9.17) is 24.9 Å². The van der Waals surface area contributed by atoms with Crippen molar-refractivity contribution in [1.82, 2.24) is 0 Å². The third-order valence-corrected chi connectivity index (χ3v) is 0.613. The van der Waals surface area contributed by atoms with E-state index in [1.165, 1.54) is 0 Å². The van der Waals surface area contributed by atoms with Gasteiger partial charge in [0.1, 0.15) is 11.9 Å². The Kier molecular flexibility index (Phi) is 27.9. The maximum atomic E-state index is 9.32. The molecule has 0 aromatic carbocycles. The van der Waals surface area contributed by atoms with Crippen molar-refractivity contribution >= 4 is 35.6 Å². The van der Waals surface area contributed by atoms with Gasteiger partial charge in [0.15, 0.2) is 0 Å². The summed E-state index contributed by atoms with van der Waals surface area (Å²) in [6.45, 7) is 0. The topological polar surface area (TPSA) is 247 Å². The quantitative estimate of drug-likeness (QED) is 0.244. The van der Waals surface area contributed by atoms with Crippen LogP contribution in [0.4, 0.5) is 0 Å². The third kappa shape index (κ3) is 36.0. The molecule has 0 spiro atoms. The molecule has 0 unspecified atom stereocenters. The summed E-state index contributed by atoms with van der Waals surface area (Å²) in [7, 11) is 0. The first-order valence-corrected chi connectivity index (χ1v) is 3.47. The summed E-state index contributed by atoms with van der Waals surface area (Å²) in [6, 6.07) is 0. The summed E-state index contributed by atoms with van der Waals surface area (Å²) in [5.74, 6) is -9.50. The Hall–Kier alpha value is -1.18. The first-order valence-electron chi connectivity index (χ1n) is 3.47. The van der Waals surface area contributed by atoms with Gasteiger partial charge in [-0.2, -0.15) is 0 Å². The Bertz CT molecular complexity index is 291. The normalized spacial score (nSPS) is 6.60. The number of carbonyl (C=O) groups is 6. The molecule has 0 atom stereocenters. The molecular weight excluding hydrogens is 304 g/mol. The molecule has 0 heterocycles. The number of carboxylic acids is 3. The fraction of sp³-hybridized carbons (Fsp3) is 0. The minimum absolute atomic E-state index is 0. The SMILES string of the molecule is NC(=O)C(=O)O.NC(=O)C(=O)[O-].NC(=O)C(=O)[O-].[Na+].[Na+]. The number of primary amides is 3. The molecule has 0 fully saturated rings. The maximum Gasteiger partial charge on any atom is 1.00 e. The van der Waals surface area contributed by atoms with Gasteiger partial charge in [0.05, 0.1) is 0 Å². The molecule has 102 valence electrons. The molecular formula is C6H7N3Na2O9. The zero-order valence-electron chi connectivity index (χ0n) is 10.4. The standard InChI is InChI=1S/3C2H3NO3.2Na/c3*3-1(4)2(5)6;;/h3*(H2,3,4)(H,5,6);;/q;;;2*+1/p-2. The van der Waals surface area contributed by atoms with Crippen LogP contribution in [-0.4, -0.2) is 40.7 Å². The van der Waals surface area contributed by atoms with Crippen LogP contribution >= 0.6 is 0 Å². The van der Waals surface area contributed by atoms with Gasteiger partial charge in [-0.25, -0.2) is 4.79 Å². The van der Waals surface area contributed by atoms with Gasteiger partial charge in [-0.15, -0.1) is 0 Å². The van der Waals surface area contributed by atoms with Gasteiger partial charge in [-0.1, -0.05) is 0 Å². The van der Waals surface area contributed by atoms with E-state index >= 15 is 0 Å². The summed E-state index contributed by atoms with van der Waals surface area (Å²) >= 11 is 0. The van der Waals surface area contributed by atoms with Crippen LogP contribution < -0.4 is 86.5 Å². The van der Waals surface area contributed by atoms with Crippen LogP contribution in [0.1, 0.15) is 0 Å². The zero-order chi connectivity index (χ0) is 15.5. The summed E-state index contributed by atoms with van der Waals surface area (Å²) in [5.41, 5.74) is 12.5. The summed E-state index contributed by atoms with van der Waals surface area (Å²) in [4.78, 5) is 55.3. The van der Waals surface area contributed by atoms with Crippen LogP contribution in [0.5, 0.6) is 0 Å². The number of rotatable bonds is 0. The Morgan fingerprint density at radius 2 is 0.750 bits per heavy atom. The van der Waals surface area contributed by atoms with Gasteiger partial charge in [-0.3, -0.25) is 14.4 Å². The van der Waals surface area contributed by atoms with E-state index in [1.54, 1.807) is 0 Å². The smallest absolute Gasteiger partial charge is 0.540 e. The largest absolute Gasteiger partial charge is 1.00 e. The third-order valence-electron chi connectivity index (χ3n) is 0.613. The molecule has 0 bridgehead atoms. The maximum absolute atomic E-state index is 9.32. The first-order chi connectivity index (χ1) is 7.93. The average molecular weight is 311 g/mol. The molecule has 14 heteroatoms. The van der Waals surface area contributed by atoms with E-state index in [2.05, 4.69) is 17.2 Å². The number of aliphatic carboxylic acids is 3. The number of hydrogen-bond donors (Lipinski definition) is 4. The second-order valence-electron chi connectivity index (χ2n) is 1.97. The van der Waals surface area contributed by atoms with Gasteiger partial charge in [0.25, 0.3) is 11.8 Å². The van der Waals surface area contributed by atoms with E-state index in [9.17, 15) is 19.2 Å². The van der Waals surface area contributed by atoms with E-state index in [0.29, 0.717) is 0 Å². The fourth-order valence-electron chi connectivity index (χ4n) is 0. The van der Waals surface area contributed by atoms with Crippen molar-refractivity contribution in [2.45, 2.75) is 0 Å². The Morgan fingerprint density at radius 1 is 0.650 bits per heavy atom. The minimum Gasteiger partial charge on any atom is -0.540 e. The van der Waals surface area contributed by atoms with Crippen LogP contribution in [0.25, 0.3) is 0 Å². The van der Waals surface area contributed by atoms with E-state index in [0.717, 1.165) is 0 Å². The summed E-state index contributed by atoms with van der Waals surface area (Å²) in [5, 5.41) is 25.7. The van der Waals surface area contributed by atoms with Gasteiger partial charge in [-0.05, 0) is 0 Å². The molecule has 0 saturated heterocycles. The van der Waals surface area contributed by atoms with Crippen molar-refractivity contribution in [3.63, 3.8) is 0 Å². The second-order valence-corrected chi connectivity index (χ2v) is 1.97. The Morgan fingerprint density at radius 3 is 0.750 bits per heavy atom. The second kappa shape index (κ2) is 17.8. The number of amides is 3. The molecule has 12 nitrogen and oxygen atoms in total. The zero-order valence-corrected chi connectivity index (χ0v) is 14.4. The van der Waals surface area contributed by atoms with Gasteiger partial charge in [0, 0.05) is 0 Å². The Balaban J connectivity index is -0.0000000536. The fourth-order valence-corrected chi connectivity index (χ4v) is 0. The van der Waals surface area contributed by atoms with Crippen molar-refractivity contribution in [2.75, 3.05) is 0 Å².